The van der Waals surface area contributed by atoms with Crippen LogP contribution < -0.4 is 5.32 Å². The molecule has 3 rings (SSSR count). The fourth-order valence-electron chi connectivity index (χ4n) is 3.79. The maximum absolute atomic E-state index is 6.11. The Morgan fingerprint density at radius 2 is 2.30 bits per heavy atom. The third-order valence-corrected chi connectivity index (χ3v) is 7.67. The summed E-state index contributed by atoms with van der Waals surface area (Å²) in [7, 11) is 0. The topological polar surface area (TPSA) is 30.5 Å². The molecule has 3 heterocycles. The van der Waals surface area contributed by atoms with Crippen molar-refractivity contribution in [2.75, 3.05) is 43.6 Å². The molecule has 4 unspecified atom stereocenters. The van der Waals surface area contributed by atoms with Crippen molar-refractivity contribution in [3.8, 4) is 0 Å². The van der Waals surface area contributed by atoms with Gasteiger partial charge in [0.1, 0.15) is 0 Å². The van der Waals surface area contributed by atoms with Gasteiger partial charge in [-0.3, -0.25) is 0 Å². The highest BCUT2D eigenvalue weighted by molar-refractivity contribution is 8.06. The van der Waals surface area contributed by atoms with E-state index in [0.717, 1.165) is 44.0 Å². The van der Waals surface area contributed by atoms with E-state index < -0.39 is 0 Å². The minimum Gasteiger partial charge on any atom is -0.378 e. The molecule has 4 atom stereocenters. The Morgan fingerprint density at radius 3 is 3.00 bits per heavy atom. The van der Waals surface area contributed by atoms with Crippen LogP contribution in [0.5, 0.6) is 0 Å². The molecule has 1 spiro atoms. The molecule has 0 aromatic heterocycles. The first kappa shape index (κ1) is 15.5. The first-order valence-corrected chi connectivity index (χ1v) is 10.2. The SMILES string of the molecule is CCNC(C1CCOC2(CCOC2)C1)C1CSCCS1. The number of hydrogen-bond acceptors (Lipinski definition) is 5. The quantitative estimate of drug-likeness (QED) is 0.860. The predicted octanol–water partition coefficient (Wildman–Crippen LogP) is 2.40. The molecule has 0 aromatic rings. The summed E-state index contributed by atoms with van der Waals surface area (Å²) in [6.45, 7) is 5.93. The van der Waals surface area contributed by atoms with Crippen LogP contribution in [0.25, 0.3) is 0 Å². The summed E-state index contributed by atoms with van der Waals surface area (Å²) in [5, 5.41) is 4.57. The molecule has 3 aliphatic rings. The molecular weight excluding hydrogens is 290 g/mol. The van der Waals surface area contributed by atoms with Gasteiger partial charge in [0.2, 0.25) is 0 Å². The third-order valence-electron chi connectivity index (χ3n) is 4.79. The van der Waals surface area contributed by atoms with Crippen molar-refractivity contribution in [3.63, 3.8) is 0 Å². The van der Waals surface area contributed by atoms with Crippen LogP contribution in [0.2, 0.25) is 0 Å². The van der Waals surface area contributed by atoms with E-state index >= 15 is 0 Å². The molecule has 116 valence electrons. The van der Waals surface area contributed by atoms with E-state index in [0.29, 0.717) is 6.04 Å². The first-order valence-electron chi connectivity index (χ1n) is 7.97. The van der Waals surface area contributed by atoms with Crippen molar-refractivity contribution < 1.29 is 9.47 Å². The normalized spacial score (nSPS) is 40.0. The van der Waals surface area contributed by atoms with Crippen molar-refractivity contribution in [1.29, 1.82) is 0 Å². The standard InChI is InChI=1S/C15H27NO2S2/c1-2-16-14(13-10-19-7-8-20-13)12-3-5-18-15(9-12)4-6-17-11-15/h12-14,16H,2-11H2,1H3. The largest absolute Gasteiger partial charge is 0.378 e. The van der Waals surface area contributed by atoms with Crippen LogP contribution in [-0.2, 0) is 9.47 Å². The lowest BCUT2D eigenvalue weighted by atomic mass is 9.80. The summed E-state index contributed by atoms with van der Waals surface area (Å²) in [5.41, 5.74) is 0.0447. The molecule has 3 aliphatic heterocycles. The summed E-state index contributed by atoms with van der Waals surface area (Å²) < 4.78 is 11.7. The van der Waals surface area contributed by atoms with Gasteiger partial charge < -0.3 is 14.8 Å². The van der Waals surface area contributed by atoms with Gasteiger partial charge in [0, 0.05) is 48.2 Å². The van der Waals surface area contributed by atoms with Gasteiger partial charge in [0.05, 0.1) is 12.2 Å². The Kier molecular flexibility index (Phi) is 5.59. The van der Waals surface area contributed by atoms with Crippen molar-refractivity contribution in [2.24, 2.45) is 5.92 Å². The summed E-state index contributed by atoms with van der Waals surface area (Å²) in [5.74, 6) is 4.70. The smallest absolute Gasteiger partial charge is 0.0939 e. The first-order chi connectivity index (χ1) is 9.83. The van der Waals surface area contributed by atoms with E-state index in [1.165, 1.54) is 30.1 Å². The van der Waals surface area contributed by atoms with Crippen LogP contribution in [0.15, 0.2) is 0 Å². The molecule has 0 aliphatic carbocycles. The maximum Gasteiger partial charge on any atom is 0.0939 e. The molecule has 3 saturated heterocycles. The van der Waals surface area contributed by atoms with Crippen LogP contribution >= 0.6 is 23.5 Å². The molecule has 5 heteroatoms. The van der Waals surface area contributed by atoms with Crippen LogP contribution in [0, 0.1) is 5.92 Å². The highest BCUT2D eigenvalue weighted by Gasteiger charge is 2.44. The van der Waals surface area contributed by atoms with Gasteiger partial charge >= 0.3 is 0 Å². The maximum atomic E-state index is 6.11. The lowest BCUT2D eigenvalue weighted by Gasteiger charge is -2.43. The fourth-order valence-corrected chi connectivity index (χ4v) is 6.75. The molecular formula is C15H27NO2S2. The van der Waals surface area contributed by atoms with E-state index in [1.807, 2.05) is 0 Å². The van der Waals surface area contributed by atoms with Gasteiger partial charge in [0.15, 0.2) is 0 Å². The zero-order valence-electron chi connectivity index (χ0n) is 12.4. The van der Waals surface area contributed by atoms with E-state index in [9.17, 15) is 0 Å². The monoisotopic (exact) mass is 317 g/mol. The highest BCUT2D eigenvalue weighted by Crippen LogP contribution is 2.40. The summed E-state index contributed by atoms with van der Waals surface area (Å²) >= 11 is 4.31. The molecule has 1 N–H and O–H groups in total. The zero-order chi connectivity index (χ0) is 13.8. The van der Waals surface area contributed by atoms with Crippen molar-refractivity contribution in [2.45, 2.75) is 43.1 Å². The van der Waals surface area contributed by atoms with Gasteiger partial charge in [-0.25, -0.2) is 0 Å². The van der Waals surface area contributed by atoms with E-state index in [4.69, 9.17) is 9.47 Å². The Bertz CT molecular complexity index is 304. The molecule has 0 bridgehead atoms. The third kappa shape index (κ3) is 3.49. The summed E-state index contributed by atoms with van der Waals surface area (Å²) in [6.07, 6.45) is 3.49. The van der Waals surface area contributed by atoms with Crippen molar-refractivity contribution >= 4 is 23.5 Å². The lowest BCUT2D eigenvalue weighted by Crippen LogP contribution is -2.52. The van der Waals surface area contributed by atoms with Crippen LogP contribution in [-0.4, -0.2) is 60.5 Å². The number of rotatable bonds is 4. The van der Waals surface area contributed by atoms with Crippen LogP contribution in [0.4, 0.5) is 0 Å². The van der Waals surface area contributed by atoms with Gasteiger partial charge in [-0.2, -0.15) is 23.5 Å². The van der Waals surface area contributed by atoms with Gasteiger partial charge in [-0.05, 0) is 25.3 Å². The summed E-state index contributed by atoms with van der Waals surface area (Å²) in [6, 6.07) is 0.652. The fraction of sp³-hybridized carbons (Fsp3) is 1.00. The average molecular weight is 318 g/mol. The molecule has 0 saturated carbocycles. The van der Waals surface area contributed by atoms with Gasteiger partial charge in [-0.1, -0.05) is 6.92 Å². The number of ether oxygens (including phenoxy) is 2. The minimum atomic E-state index is 0.0447. The predicted molar refractivity (Wildman–Crippen MR) is 87.9 cm³/mol. The molecule has 3 nitrogen and oxygen atoms in total. The number of nitrogens with one attached hydrogen (secondary N) is 1. The van der Waals surface area contributed by atoms with Gasteiger partial charge in [0.25, 0.3) is 0 Å². The zero-order valence-corrected chi connectivity index (χ0v) is 14.1. The highest BCUT2D eigenvalue weighted by atomic mass is 32.2. The second-order valence-electron chi connectivity index (χ2n) is 6.15. The van der Waals surface area contributed by atoms with Gasteiger partial charge in [-0.15, -0.1) is 0 Å². The van der Waals surface area contributed by atoms with Crippen molar-refractivity contribution in [1.82, 2.24) is 5.32 Å². The Hall–Kier alpha value is 0.580. The minimum absolute atomic E-state index is 0.0447. The van der Waals surface area contributed by atoms with Crippen LogP contribution in [0.3, 0.4) is 0 Å². The Balaban J connectivity index is 1.66. The summed E-state index contributed by atoms with van der Waals surface area (Å²) in [4.78, 5) is 0. The second-order valence-corrected chi connectivity index (χ2v) is 8.65. The van der Waals surface area contributed by atoms with Crippen LogP contribution in [0.1, 0.15) is 26.2 Å². The molecule has 0 amide bonds. The Labute approximate surface area is 131 Å². The molecule has 0 aromatic carbocycles. The van der Waals surface area contributed by atoms with Crippen molar-refractivity contribution in [3.05, 3.63) is 0 Å². The van der Waals surface area contributed by atoms with E-state index in [-0.39, 0.29) is 5.60 Å². The number of hydrogen-bond donors (Lipinski definition) is 1. The van der Waals surface area contributed by atoms with E-state index in [2.05, 4.69) is 35.8 Å². The lowest BCUT2D eigenvalue weighted by molar-refractivity contribution is -0.102. The Morgan fingerprint density at radius 1 is 1.35 bits per heavy atom. The molecule has 3 fully saturated rings. The average Bonchev–Trinajstić information content (AvgIpc) is 2.93. The molecule has 20 heavy (non-hydrogen) atoms. The second kappa shape index (κ2) is 7.23. The van der Waals surface area contributed by atoms with E-state index in [1.54, 1.807) is 0 Å². The molecule has 0 radical (unpaired) electrons. The number of thioether (sulfide) groups is 2.